The molecular weight excluding hydrogens is 462 g/mol. The number of fused-ring (bicyclic) bond motifs is 3. The van der Waals surface area contributed by atoms with Crippen LogP contribution < -0.4 is 11.1 Å². The number of nitrogens with one attached hydrogen (secondary N) is 1. The fraction of sp³-hybridized carbons (Fsp3) is 0.379. The average Bonchev–Trinajstić information content (AvgIpc) is 3.62. The van der Waals surface area contributed by atoms with Crippen LogP contribution in [-0.2, 0) is 0 Å². The van der Waals surface area contributed by atoms with Gasteiger partial charge in [-0.3, -0.25) is 4.98 Å². The maximum Gasteiger partial charge on any atom is 0.317 e. The number of rotatable bonds is 4. The van der Waals surface area contributed by atoms with Crippen LogP contribution in [0.4, 0.5) is 10.6 Å². The number of anilines is 1. The Morgan fingerprint density at radius 3 is 2.35 bits per heavy atom. The van der Waals surface area contributed by atoms with Gasteiger partial charge in [0.05, 0.1) is 17.6 Å². The van der Waals surface area contributed by atoms with Crippen LogP contribution >= 0.6 is 0 Å². The van der Waals surface area contributed by atoms with Crippen molar-refractivity contribution in [2.75, 3.05) is 12.8 Å². The first-order valence-corrected chi connectivity index (χ1v) is 13.3. The molecule has 2 saturated heterocycles. The van der Waals surface area contributed by atoms with E-state index < -0.39 is 0 Å². The molecule has 3 aliphatic rings. The van der Waals surface area contributed by atoms with Crippen molar-refractivity contribution in [1.82, 2.24) is 29.8 Å². The van der Waals surface area contributed by atoms with Gasteiger partial charge in [-0.1, -0.05) is 36.4 Å². The Balaban J connectivity index is 1.28. The molecule has 37 heavy (non-hydrogen) atoms. The van der Waals surface area contributed by atoms with Gasteiger partial charge in [0.2, 0.25) is 0 Å². The van der Waals surface area contributed by atoms with Crippen molar-refractivity contribution in [2.24, 2.45) is 0 Å². The summed E-state index contributed by atoms with van der Waals surface area (Å²) in [6.07, 6.45) is 10.0. The van der Waals surface area contributed by atoms with E-state index in [1.165, 1.54) is 5.56 Å². The molecule has 8 nitrogen and oxygen atoms in total. The topological polar surface area (TPSA) is 101 Å². The number of aromatic nitrogens is 4. The van der Waals surface area contributed by atoms with Crippen molar-refractivity contribution in [3.05, 3.63) is 66.1 Å². The highest BCUT2D eigenvalue weighted by molar-refractivity contribution is 5.79. The van der Waals surface area contributed by atoms with Crippen LogP contribution in [0.25, 0.3) is 28.0 Å². The van der Waals surface area contributed by atoms with Crippen molar-refractivity contribution >= 4 is 17.5 Å². The molecule has 7 rings (SSSR count). The van der Waals surface area contributed by atoms with E-state index >= 15 is 0 Å². The number of hydrogen-bond donors (Lipinski definition) is 2. The number of carbonyl (C=O) groups is 1. The summed E-state index contributed by atoms with van der Waals surface area (Å²) in [7, 11) is 1.72. The second-order valence-corrected chi connectivity index (χ2v) is 10.7. The average molecular weight is 494 g/mol. The largest absolute Gasteiger partial charge is 0.383 e. The van der Waals surface area contributed by atoms with E-state index in [-0.39, 0.29) is 18.1 Å². The van der Waals surface area contributed by atoms with E-state index in [9.17, 15) is 4.79 Å². The zero-order chi connectivity index (χ0) is 25.1. The molecular formula is C29H31N7O. The molecule has 2 aliphatic heterocycles. The third-order valence-electron chi connectivity index (χ3n) is 8.45. The Morgan fingerprint density at radius 1 is 0.946 bits per heavy atom. The predicted octanol–water partition coefficient (Wildman–Crippen LogP) is 4.97. The number of benzene rings is 1. The number of piperidine rings is 1. The van der Waals surface area contributed by atoms with E-state index in [0.717, 1.165) is 72.3 Å². The summed E-state index contributed by atoms with van der Waals surface area (Å²) >= 11 is 0. The number of hydrogen-bond acceptors (Lipinski definition) is 5. The van der Waals surface area contributed by atoms with Crippen LogP contribution in [0.1, 0.15) is 61.6 Å². The van der Waals surface area contributed by atoms with Gasteiger partial charge in [-0.15, -0.1) is 0 Å². The molecule has 1 aromatic carbocycles. The van der Waals surface area contributed by atoms with Gasteiger partial charge >= 0.3 is 6.03 Å². The minimum absolute atomic E-state index is 0.0424. The minimum atomic E-state index is 0.0424. The van der Waals surface area contributed by atoms with Gasteiger partial charge in [-0.25, -0.2) is 9.78 Å². The van der Waals surface area contributed by atoms with Crippen LogP contribution in [-0.4, -0.2) is 49.6 Å². The zero-order valence-corrected chi connectivity index (χ0v) is 21.0. The monoisotopic (exact) mass is 493 g/mol. The minimum Gasteiger partial charge on any atom is -0.383 e. The summed E-state index contributed by atoms with van der Waals surface area (Å²) in [6.45, 7) is 0. The highest BCUT2D eigenvalue weighted by Crippen LogP contribution is 2.50. The Bertz CT molecular complexity index is 1460. The van der Waals surface area contributed by atoms with E-state index in [1.54, 1.807) is 7.05 Å². The predicted molar refractivity (Wildman–Crippen MR) is 143 cm³/mol. The Kier molecular flexibility index (Phi) is 5.16. The maximum atomic E-state index is 12.5. The molecule has 2 amide bonds. The molecule has 0 spiro atoms. The number of urea groups is 1. The summed E-state index contributed by atoms with van der Waals surface area (Å²) in [5.41, 5.74) is 13.8. The number of nitrogens with zero attached hydrogens (tertiary/aromatic N) is 5. The lowest BCUT2D eigenvalue weighted by atomic mass is 9.85. The number of nitrogens with two attached hydrogens (primary N) is 1. The molecule has 3 N–H and O–H groups in total. The summed E-state index contributed by atoms with van der Waals surface area (Å²) in [5.74, 6) is 1.47. The van der Waals surface area contributed by atoms with Crippen LogP contribution in [0.5, 0.6) is 0 Å². The summed E-state index contributed by atoms with van der Waals surface area (Å²) in [5, 5.41) is 7.49. The van der Waals surface area contributed by atoms with Crippen molar-refractivity contribution in [1.29, 1.82) is 0 Å². The van der Waals surface area contributed by atoms with Gasteiger partial charge in [0.1, 0.15) is 5.82 Å². The van der Waals surface area contributed by atoms with Crippen LogP contribution in [0.3, 0.4) is 0 Å². The SMILES string of the molecule is CNC(=O)N1[C@@H]2CC[C@H]1C[C@H](c1nc3c(-c4ccc(-c5ccccc5)nc4)cnn3c(N)c1C1CC1)C2. The van der Waals surface area contributed by atoms with Gasteiger partial charge < -0.3 is 16.0 Å². The molecule has 8 heteroatoms. The standard InChI is InChI=1S/C29H31N7O/c1-31-29(37)35-21-10-11-22(35)14-20(13-21)26-25(18-7-8-18)27(30)36-28(34-26)23(16-33-36)19-9-12-24(32-15-19)17-5-3-2-4-6-17/h2-6,9,12,15-16,18,20-22H,7-8,10-11,13-14,30H2,1H3,(H,31,37)/t20-,21-,22+. The van der Waals surface area contributed by atoms with Gasteiger partial charge in [0.15, 0.2) is 5.65 Å². The van der Waals surface area contributed by atoms with E-state index in [4.69, 9.17) is 15.7 Å². The molecule has 3 aromatic heterocycles. The lowest BCUT2D eigenvalue weighted by molar-refractivity contribution is 0.139. The molecule has 0 radical (unpaired) electrons. The first-order valence-electron chi connectivity index (χ1n) is 13.3. The molecule has 5 heterocycles. The normalized spacial score (nSPS) is 22.9. The smallest absolute Gasteiger partial charge is 0.317 e. The highest BCUT2D eigenvalue weighted by Gasteiger charge is 2.45. The highest BCUT2D eigenvalue weighted by atomic mass is 16.2. The Morgan fingerprint density at radius 2 is 1.70 bits per heavy atom. The first-order chi connectivity index (χ1) is 18.1. The molecule has 1 saturated carbocycles. The quantitative estimate of drug-likeness (QED) is 0.418. The summed E-state index contributed by atoms with van der Waals surface area (Å²) < 4.78 is 1.81. The number of nitrogen functional groups attached to an aromatic ring is 1. The zero-order valence-electron chi connectivity index (χ0n) is 21.0. The summed E-state index contributed by atoms with van der Waals surface area (Å²) in [6, 6.07) is 14.9. The van der Waals surface area contributed by atoms with Crippen LogP contribution in [0.2, 0.25) is 0 Å². The second kappa shape index (κ2) is 8.57. The van der Waals surface area contributed by atoms with Gasteiger partial charge in [-0.05, 0) is 50.5 Å². The van der Waals surface area contributed by atoms with Crippen LogP contribution in [0.15, 0.2) is 54.9 Å². The Labute approximate surface area is 215 Å². The van der Waals surface area contributed by atoms with Crippen molar-refractivity contribution < 1.29 is 4.79 Å². The van der Waals surface area contributed by atoms with Crippen LogP contribution in [0, 0.1) is 0 Å². The third kappa shape index (κ3) is 3.65. The van der Waals surface area contributed by atoms with Gasteiger partial charge in [-0.2, -0.15) is 9.61 Å². The molecule has 0 unspecified atom stereocenters. The maximum absolute atomic E-state index is 12.5. The molecule has 3 fully saturated rings. The van der Waals surface area contributed by atoms with E-state index in [2.05, 4.69) is 33.5 Å². The lowest BCUT2D eigenvalue weighted by Gasteiger charge is -2.39. The molecule has 4 aromatic rings. The van der Waals surface area contributed by atoms with Gasteiger partial charge in [0.25, 0.3) is 0 Å². The van der Waals surface area contributed by atoms with Crippen molar-refractivity contribution in [2.45, 2.75) is 62.4 Å². The van der Waals surface area contributed by atoms with Crippen molar-refractivity contribution in [3.8, 4) is 22.4 Å². The molecule has 3 atom stereocenters. The number of carbonyl (C=O) groups excluding carboxylic acids is 1. The third-order valence-corrected chi connectivity index (χ3v) is 8.45. The Hall–Kier alpha value is -3.94. The van der Waals surface area contributed by atoms with Crippen molar-refractivity contribution in [3.63, 3.8) is 0 Å². The number of amides is 2. The molecule has 1 aliphatic carbocycles. The fourth-order valence-corrected chi connectivity index (χ4v) is 6.54. The van der Waals surface area contributed by atoms with E-state index in [1.807, 2.05) is 41.2 Å². The first kappa shape index (κ1) is 22.3. The molecule has 188 valence electrons. The lowest BCUT2D eigenvalue weighted by Crippen LogP contribution is -2.49. The summed E-state index contributed by atoms with van der Waals surface area (Å²) in [4.78, 5) is 24.6. The van der Waals surface area contributed by atoms with Gasteiger partial charge in [0, 0.05) is 53.5 Å². The second-order valence-electron chi connectivity index (χ2n) is 10.7. The van der Waals surface area contributed by atoms with E-state index in [0.29, 0.717) is 17.7 Å². The number of pyridine rings is 1. The fourth-order valence-electron chi connectivity index (χ4n) is 6.54. The molecule has 2 bridgehead atoms.